The molecule has 0 fully saturated rings. The summed E-state index contributed by atoms with van der Waals surface area (Å²) in [6, 6.07) is 61.5. The summed E-state index contributed by atoms with van der Waals surface area (Å²) in [6.07, 6.45) is 0. The van der Waals surface area contributed by atoms with Crippen LogP contribution in [0, 0.1) is 0 Å². The molecular weight excluding hydrogens is 691 g/mol. The third-order valence-electron chi connectivity index (χ3n) is 12.0. The molecule has 0 saturated heterocycles. The van der Waals surface area contributed by atoms with Gasteiger partial charge in [-0.25, -0.2) is 0 Å². The molecule has 0 unspecified atom stereocenters. The summed E-state index contributed by atoms with van der Waals surface area (Å²) in [5, 5.41) is 10.4. The first-order valence-corrected chi connectivity index (χ1v) is 20.3. The van der Waals surface area contributed by atoms with E-state index in [0.717, 1.165) is 0 Å². The zero-order chi connectivity index (χ0) is 35.7. The Morgan fingerprint density at radius 1 is 0.370 bits per heavy atom. The van der Waals surface area contributed by atoms with Crippen molar-refractivity contribution in [2.45, 2.75) is 38.8 Å². The standard InChI is InChI=1S/C51H33NS2/c1-51(2)43-28-46-42(26-40(43)41-27-49-50(29-44(41)51)54-48-21-10-9-20-47(48)53-49)38-18-7-8-19-45(38)52(46)32-13-11-12-30(24-32)31-22-23-37-35-16-4-3-14-33(35)34-15-5-6-17-36(34)39(37)25-31/h3-29H,1-2H3. The second-order valence-electron chi connectivity index (χ2n) is 15.3. The highest BCUT2D eigenvalue weighted by molar-refractivity contribution is 8.05. The van der Waals surface area contributed by atoms with Gasteiger partial charge in [0.1, 0.15) is 0 Å². The number of fused-ring (bicyclic) bond motifs is 14. The lowest BCUT2D eigenvalue weighted by molar-refractivity contribution is 0.658. The zero-order valence-electron chi connectivity index (χ0n) is 29.9. The van der Waals surface area contributed by atoms with E-state index in [4.69, 9.17) is 0 Å². The number of hydrogen-bond acceptors (Lipinski definition) is 2. The Morgan fingerprint density at radius 3 is 1.65 bits per heavy atom. The normalized spacial score (nSPS) is 14.1. The van der Waals surface area contributed by atoms with E-state index in [-0.39, 0.29) is 5.41 Å². The number of aromatic nitrogens is 1. The first-order chi connectivity index (χ1) is 26.5. The van der Waals surface area contributed by atoms with E-state index in [1.165, 1.54) is 113 Å². The van der Waals surface area contributed by atoms with Gasteiger partial charge in [-0.05, 0) is 126 Å². The van der Waals surface area contributed by atoms with Crippen molar-refractivity contribution in [2.75, 3.05) is 0 Å². The topological polar surface area (TPSA) is 4.93 Å². The Bertz CT molecular complexity index is 3220. The zero-order valence-corrected chi connectivity index (χ0v) is 31.5. The minimum absolute atomic E-state index is 0.128. The Labute approximate surface area is 322 Å². The lowest BCUT2D eigenvalue weighted by Crippen LogP contribution is -2.15. The van der Waals surface area contributed by atoms with Crippen molar-refractivity contribution in [3.8, 4) is 27.9 Å². The number of benzene rings is 9. The number of para-hydroxylation sites is 1. The Kier molecular flexibility index (Phi) is 6.33. The van der Waals surface area contributed by atoms with E-state index in [2.05, 4.69) is 182 Å². The summed E-state index contributed by atoms with van der Waals surface area (Å²) < 4.78 is 2.49. The van der Waals surface area contributed by atoms with Crippen LogP contribution in [0.5, 0.6) is 0 Å². The van der Waals surface area contributed by atoms with Crippen molar-refractivity contribution in [2.24, 2.45) is 0 Å². The summed E-state index contributed by atoms with van der Waals surface area (Å²) in [5.74, 6) is 0. The van der Waals surface area contributed by atoms with Crippen molar-refractivity contribution >= 4 is 77.6 Å². The number of nitrogens with zero attached hydrogens (tertiary/aromatic N) is 1. The van der Waals surface area contributed by atoms with Crippen LogP contribution in [0.4, 0.5) is 0 Å². The molecule has 0 bridgehead atoms. The van der Waals surface area contributed by atoms with Gasteiger partial charge in [-0.3, -0.25) is 0 Å². The highest BCUT2D eigenvalue weighted by Gasteiger charge is 2.38. The third kappa shape index (κ3) is 4.25. The van der Waals surface area contributed by atoms with Crippen LogP contribution in [-0.2, 0) is 5.41 Å². The lowest BCUT2D eigenvalue weighted by atomic mass is 9.82. The molecule has 1 aliphatic heterocycles. The molecular formula is C51H33NS2. The van der Waals surface area contributed by atoms with Gasteiger partial charge in [-0.1, -0.05) is 140 Å². The second-order valence-corrected chi connectivity index (χ2v) is 17.5. The van der Waals surface area contributed by atoms with Crippen molar-refractivity contribution in [1.29, 1.82) is 0 Å². The van der Waals surface area contributed by atoms with Crippen LogP contribution >= 0.6 is 23.5 Å². The summed E-state index contributed by atoms with van der Waals surface area (Å²) in [6.45, 7) is 4.81. The SMILES string of the molecule is CC1(C)c2cc3c(cc2-c2cc4c5ccccc5n(-c5cccc(-c6ccc7c8ccccc8c8ccccc8c7c6)c5)c4cc21)Sc1ccccc1S3. The molecule has 2 heterocycles. The summed E-state index contributed by atoms with van der Waals surface area (Å²) in [5.41, 5.74) is 11.5. The van der Waals surface area contributed by atoms with Crippen molar-refractivity contribution in [3.63, 3.8) is 0 Å². The molecule has 3 heteroatoms. The largest absolute Gasteiger partial charge is 0.309 e. The minimum atomic E-state index is -0.128. The van der Waals surface area contributed by atoms with E-state index in [9.17, 15) is 0 Å². The van der Waals surface area contributed by atoms with E-state index in [1.54, 1.807) is 0 Å². The number of rotatable bonds is 2. The van der Waals surface area contributed by atoms with Crippen molar-refractivity contribution < 1.29 is 0 Å². The molecule has 1 aromatic heterocycles. The fourth-order valence-electron chi connectivity index (χ4n) is 9.41. The van der Waals surface area contributed by atoms with Crippen LogP contribution < -0.4 is 0 Å². The average molecular weight is 724 g/mol. The second kappa shape index (κ2) is 11.1. The molecule has 10 aromatic rings. The van der Waals surface area contributed by atoms with Gasteiger partial charge in [-0.15, -0.1) is 0 Å². The molecule has 12 rings (SSSR count). The van der Waals surface area contributed by atoms with Crippen LogP contribution in [0.2, 0.25) is 0 Å². The van der Waals surface area contributed by atoms with Gasteiger partial charge in [0.15, 0.2) is 0 Å². The molecule has 1 nitrogen and oxygen atoms in total. The molecule has 0 spiro atoms. The van der Waals surface area contributed by atoms with Gasteiger partial charge in [0, 0.05) is 41.5 Å². The van der Waals surface area contributed by atoms with Crippen LogP contribution in [0.25, 0.3) is 82.1 Å². The van der Waals surface area contributed by atoms with Gasteiger partial charge in [0.25, 0.3) is 0 Å². The molecule has 254 valence electrons. The first-order valence-electron chi connectivity index (χ1n) is 18.7. The fourth-order valence-corrected chi connectivity index (χ4v) is 11.7. The highest BCUT2D eigenvalue weighted by Crippen LogP contribution is 2.56. The van der Waals surface area contributed by atoms with Crippen molar-refractivity contribution in [1.82, 2.24) is 4.57 Å². The number of hydrogen-bond donors (Lipinski definition) is 0. The Hall–Kier alpha value is -5.74. The molecule has 0 radical (unpaired) electrons. The van der Waals surface area contributed by atoms with E-state index in [1.807, 2.05) is 23.5 Å². The third-order valence-corrected chi connectivity index (χ3v) is 14.5. The smallest absolute Gasteiger partial charge is 0.0544 e. The quantitative estimate of drug-likeness (QED) is 0.164. The van der Waals surface area contributed by atoms with Gasteiger partial charge < -0.3 is 4.57 Å². The lowest BCUT2D eigenvalue weighted by Gasteiger charge is -2.24. The molecule has 0 saturated carbocycles. The van der Waals surface area contributed by atoms with Crippen LogP contribution in [-0.4, -0.2) is 4.57 Å². The Balaban J connectivity index is 1.04. The van der Waals surface area contributed by atoms with E-state index in [0.29, 0.717) is 0 Å². The predicted octanol–water partition coefficient (Wildman–Crippen LogP) is 14.8. The van der Waals surface area contributed by atoms with Crippen LogP contribution in [0.3, 0.4) is 0 Å². The van der Waals surface area contributed by atoms with E-state index < -0.39 is 0 Å². The van der Waals surface area contributed by atoms with Gasteiger partial charge >= 0.3 is 0 Å². The average Bonchev–Trinajstić information content (AvgIpc) is 3.65. The molecule has 54 heavy (non-hydrogen) atoms. The molecule has 0 atom stereocenters. The van der Waals surface area contributed by atoms with Crippen LogP contribution in [0.1, 0.15) is 25.0 Å². The summed E-state index contributed by atoms with van der Waals surface area (Å²) in [4.78, 5) is 5.42. The highest BCUT2D eigenvalue weighted by atomic mass is 32.2. The molecule has 0 N–H and O–H groups in total. The maximum Gasteiger partial charge on any atom is 0.0544 e. The van der Waals surface area contributed by atoms with Gasteiger partial charge in [0.05, 0.1) is 11.0 Å². The maximum atomic E-state index is 2.50. The molecule has 1 aliphatic carbocycles. The minimum Gasteiger partial charge on any atom is -0.309 e. The monoisotopic (exact) mass is 723 g/mol. The molecule has 9 aromatic carbocycles. The fraction of sp³-hybridized carbons (Fsp3) is 0.0588. The summed E-state index contributed by atoms with van der Waals surface area (Å²) in [7, 11) is 0. The summed E-state index contributed by atoms with van der Waals surface area (Å²) >= 11 is 3.82. The van der Waals surface area contributed by atoms with Crippen molar-refractivity contribution in [3.05, 3.63) is 175 Å². The van der Waals surface area contributed by atoms with Gasteiger partial charge in [0.2, 0.25) is 0 Å². The van der Waals surface area contributed by atoms with Crippen LogP contribution in [0.15, 0.2) is 183 Å². The molecule has 2 aliphatic rings. The van der Waals surface area contributed by atoms with E-state index >= 15 is 0 Å². The van der Waals surface area contributed by atoms with Gasteiger partial charge in [-0.2, -0.15) is 0 Å². The molecule has 0 amide bonds. The Morgan fingerprint density at radius 2 is 0.926 bits per heavy atom. The maximum absolute atomic E-state index is 2.50. The first kappa shape index (κ1) is 30.7. The predicted molar refractivity (Wildman–Crippen MR) is 231 cm³/mol.